The fourth-order valence-electron chi connectivity index (χ4n) is 0.440. The van der Waals surface area contributed by atoms with Crippen molar-refractivity contribution in [1.82, 2.24) is 5.43 Å². The summed E-state index contributed by atoms with van der Waals surface area (Å²) < 4.78 is 4.61. The molecule has 0 fully saturated rings. The molecule has 0 saturated heterocycles. The zero-order valence-electron chi connectivity index (χ0n) is 6.68. The van der Waals surface area contributed by atoms with Crippen molar-refractivity contribution >= 4 is 5.97 Å². The van der Waals surface area contributed by atoms with Crippen molar-refractivity contribution in [2.75, 3.05) is 6.61 Å². The fraction of sp³-hybridized carbons (Fsp3) is 0.500. The van der Waals surface area contributed by atoms with E-state index >= 15 is 0 Å². The molecule has 5 nitrogen and oxygen atoms in total. The highest BCUT2D eigenvalue weighted by atomic mass is 16.5. The van der Waals surface area contributed by atoms with Gasteiger partial charge in [-0.15, -0.1) is 0 Å². The molecule has 5 N–H and O–H groups in total. The lowest BCUT2D eigenvalue weighted by molar-refractivity contribution is -0.138. The van der Waals surface area contributed by atoms with Crippen LogP contribution in [0.1, 0.15) is 13.8 Å². The van der Waals surface area contributed by atoms with Crippen LogP contribution < -0.4 is 17.0 Å². The fourth-order valence-corrected chi connectivity index (χ4v) is 0.440. The Bertz CT molecular complexity index is 177. The molecule has 0 amide bonds. The number of rotatable bonds is 3. The molecule has 0 aliphatic heterocycles. The molecule has 5 heteroatoms. The van der Waals surface area contributed by atoms with Crippen LogP contribution in [0.5, 0.6) is 0 Å². The second-order valence-corrected chi connectivity index (χ2v) is 1.90. The van der Waals surface area contributed by atoms with Crippen molar-refractivity contribution in [1.29, 1.82) is 0 Å². The first kappa shape index (κ1) is 9.77. The van der Waals surface area contributed by atoms with Crippen molar-refractivity contribution in [3.8, 4) is 0 Å². The van der Waals surface area contributed by atoms with E-state index in [-0.39, 0.29) is 5.70 Å². The topological polar surface area (TPSA) is 90.4 Å². The second kappa shape index (κ2) is 4.56. The molecule has 0 aliphatic rings. The summed E-state index contributed by atoms with van der Waals surface area (Å²) in [6, 6.07) is 0. The molecular formula is C6H13N3O2. The van der Waals surface area contributed by atoms with E-state index in [0.29, 0.717) is 12.3 Å². The number of hydrazine groups is 1. The molecule has 0 atom stereocenters. The highest BCUT2D eigenvalue weighted by Gasteiger charge is 2.07. The van der Waals surface area contributed by atoms with E-state index in [9.17, 15) is 4.79 Å². The first-order chi connectivity index (χ1) is 5.13. The van der Waals surface area contributed by atoms with Gasteiger partial charge in [-0.1, -0.05) is 0 Å². The van der Waals surface area contributed by atoms with E-state index < -0.39 is 5.97 Å². The highest BCUT2D eigenvalue weighted by molar-refractivity contribution is 5.87. The van der Waals surface area contributed by atoms with E-state index in [1.165, 1.54) is 0 Å². The van der Waals surface area contributed by atoms with Crippen molar-refractivity contribution in [3.05, 3.63) is 11.4 Å². The average molecular weight is 159 g/mol. The number of ether oxygens (including phenoxy) is 1. The summed E-state index contributed by atoms with van der Waals surface area (Å²) >= 11 is 0. The van der Waals surface area contributed by atoms with Crippen molar-refractivity contribution < 1.29 is 9.53 Å². The minimum Gasteiger partial charge on any atom is -0.461 e. The first-order valence-corrected chi connectivity index (χ1v) is 3.23. The Morgan fingerprint density at radius 2 is 2.18 bits per heavy atom. The van der Waals surface area contributed by atoms with E-state index in [0.717, 1.165) is 0 Å². The third kappa shape index (κ3) is 2.90. The molecule has 0 unspecified atom stereocenters. The Morgan fingerprint density at radius 3 is 2.55 bits per heavy atom. The predicted octanol–water partition coefficient (Wildman–Crippen LogP) is -0.797. The standard InChI is InChI=1S/C6H13N3O2/c1-3-11-6(10)5(7)4(2)9-8/h9H,3,7-8H2,1-2H3/b5-4-. The Morgan fingerprint density at radius 1 is 1.64 bits per heavy atom. The molecule has 0 spiro atoms. The summed E-state index contributed by atoms with van der Waals surface area (Å²) in [5.41, 5.74) is 7.99. The summed E-state index contributed by atoms with van der Waals surface area (Å²) in [6.45, 7) is 3.60. The lowest BCUT2D eigenvalue weighted by Crippen LogP contribution is -2.27. The number of carbonyl (C=O) groups is 1. The monoisotopic (exact) mass is 159 g/mol. The molecule has 0 aromatic heterocycles. The van der Waals surface area contributed by atoms with Crippen LogP contribution in [0.2, 0.25) is 0 Å². The van der Waals surface area contributed by atoms with Gasteiger partial charge in [-0.05, 0) is 13.8 Å². The Hall–Kier alpha value is -1.23. The average Bonchev–Trinajstić information content (AvgIpc) is 2.02. The van der Waals surface area contributed by atoms with Crippen LogP contribution in [0.25, 0.3) is 0 Å². The van der Waals surface area contributed by atoms with Gasteiger partial charge in [0.15, 0.2) is 0 Å². The number of nitrogens with two attached hydrogens (primary N) is 2. The predicted molar refractivity (Wildman–Crippen MR) is 40.8 cm³/mol. The van der Waals surface area contributed by atoms with Crippen LogP contribution in [0.15, 0.2) is 11.4 Å². The van der Waals surface area contributed by atoms with Crippen molar-refractivity contribution in [2.24, 2.45) is 11.6 Å². The zero-order chi connectivity index (χ0) is 8.85. The largest absolute Gasteiger partial charge is 0.461 e. The summed E-state index contributed by atoms with van der Waals surface area (Å²) in [5.74, 6) is 4.46. The Kier molecular flexibility index (Phi) is 4.05. The zero-order valence-corrected chi connectivity index (χ0v) is 6.68. The summed E-state index contributed by atoms with van der Waals surface area (Å²) in [6.07, 6.45) is 0. The van der Waals surface area contributed by atoms with Gasteiger partial charge in [0.2, 0.25) is 0 Å². The van der Waals surface area contributed by atoms with Gasteiger partial charge in [0.05, 0.1) is 12.3 Å². The number of hydrogen-bond donors (Lipinski definition) is 3. The normalized spacial score (nSPS) is 11.9. The third-order valence-electron chi connectivity index (χ3n) is 1.12. The molecule has 0 radical (unpaired) electrons. The number of esters is 1. The van der Waals surface area contributed by atoms with Gasteiger partial charge in [0.25, 0.3) is 0 Å². The lowest BCUT2D eigenvalue weighted by atomic mass is 10.4. The molecule has 0 saturated carbocycles. The third-order valence-corrected chi connectivity index (χ3v) is 1.12. The van der Waals surface area contributed by atoms with Crippen LogP contribution in [0.3, 0.4) is 0 Å². The maximum atomic E-state index is 10.8. The minimum absolute atomic E-state index is 0.00866. The first-order valence-electron chi connectivity index (χ1n) is 3.23. The number of nitrogens with one attached hydrogen (secondary N) is 1. The molecule has 0 rings (SSSR count). The maximum Gasteiger partial charge on any atom is 0.356 e. The van der Waals surface area contributed by atoms with Gasteiger partial charge in [-0.2, -0.15) is 0 Å². The van der Waals surface area contributed by atoms with Crippen LogP contribution in [-0.2, 0) is 9.53 Å². The van der Waals surface area contributed by atoms with Gasteiger partial charge >= 0.3 is 5.97 Å². The van der Waals surface area contributed by atoms with Crippen molar-refractivity contribution in [3.63, 3.8) is 0 Å². The van der Waals surface area contributed by atoms with Gasteiger partial charge in [-0.25, -0.2) is 4.79 Å². The molecule has 0 aromatic rings. The number of hydrogen-bond acceptors (Lipinski definition) is 5. The highest BCUT2D eigenvalue weighted by Crippen LogP contribution is 1.94. The van der Waals surface area contributed by atoms with Crippen LogP contribution in [-0.4, -0.2) is 12.6 Å². The van der Waals surface area contributed by atoms with Gasteiger partial charge in [-0.3, -0.25) is 5.84 Å². The van der Waals surface area contributed by atoms with Crippen LogP contribution in [0.4, 0.5) is 0 Å². The Balaban J connectivity index is 4.22. The summed E-state index contributed by atoms with van der Waals surface area (Å²) in [4.78, 5) is 10.8. The number of carbonyl (C=O) groups excluding carboxylic acids is 1. The molecular weight excluding hydrogens is 146 g/mol. The molecule has 11 heavy (non-hydrogen) atoms. The van der Waals surface area contributed by atoms with E-state index in [4.69, 9.17) is 11.6 Å². The Labute approximate surface area is 65.3 Å². The molecule has 0 aromatic carbocycles. The van der Waals surface area contributed by atoms with Gasteiger partial charge < -0.3 is 15.9 Å². The van der Waals surface area contributed by atoms with Crippen LogP contribution in [0, 0.1) is 0 Å². The van der Waals surface area contributed by atoms with Crippen molar-refractivity contribution in [2.45, 2.75) is 13.8 Å². The summed E-state index contributed by atoms with van der Waals surface area (Å²) in [5, 5.41) is 0. The van der Waals surface area contributed by atoms with Gasteiger partial charge in [0, 0.05) is 0 Å². The second-order valence-electron chi connectivity index (χ2n) is 1.90. The molecule has 0 heterocycles. The lowest BCUT2D eigenvalue weighted by Gasteiger charge is -2.05. The molecule has 0 aliphatic carbocycles. The van der Waals surface area contributed by atoms with E-state index in [1.807, 2.05) is 0 Å². The summed E-state index contributed by atoms with van der Waals surface area (Å²) in [7, 11) is 0. The van der Waals surface area contributed by atoms with E-state index in [1.54, 1.807) is 13.8 Å². The van der Waals surface area contributed by atoms with Crippen LogP contribution >= 0.6 is 0 Å². The minimum atomic E-state index is -0.553. The smallest absolute Gasteiger partial charge is 0.356 e. The number of allylic oxidation sites excluding steroid dienone is 1. The van der Waals surface area contributed by atoms with Gasteiger partial charge in [0.1, 0.15) is 5.70 Å². The molecule has 64 valence electrons. The molecule has 0 bridgehead atoms. The maximum absolute atomic E-state index is 10.8. The SMILES string of the molecule is CCOC(=O)/C(N)=C(\C)NN. The quantitative estimate of drug-likeness (QED) is 0.217. The van der Waals surface area contributed by atoms with E-state index in [2.05, 4.69) is 10.2 Å².